The van der Waals surface area contributed by atoms with Crippen molar-refractivity contribution >= 4 is 21.6 Å². The van der Waals surface area contributed by atoms with Gasteiger partial charge in [-0.3, -0.25) is 15.1 Å². The molecular weight excluding hydrogens is 388 g/mol. The minimum absolute atomic E-state index is 0.0264. The zero-order valence-electron chi connectivity index (χ0n) is 16.8. The van der Waals surface area contributed by atoms with E-state index in [0.29, 0.717) is 18.8 Å². The van der Waals surface area contributed by atoms with E-state index in [1.165, 1.54) is 4.31 Å². The molecule has 0 aliphatic carbocycles. The molecule has 1 aromatic heterocycles. The molecular formula is C21H28N4O3S. The summed E-state index contributed by atoms with van der Waals surface area (Å²) in [4.78, 5) is 16.8. The van der Waals surface area contributed by atoms with Crippen LogP contribution in [0.1, 0.15) is 44.7 Å². The van der Waals surface area contributed by atoms with Gasteiger partial charge in [0.2, 0.25) is 15.9 Å². The second-order valence-corrected chi connectivity index (χ2v) is 9.31. The number of hydrogen-bond acceptors (Lipinski definition) is 5. The summed E-state index contributed by atoms with van der Waals surface area (Å²) in [6.45, 7) is 4.90. The Morgan fingerprint density at radius 3 is 2.38 bits per heavy atom. The van der Waals surface area contributed by atoms with Crippen LogP contribution < -0.4 is 10.6 Å². The van der Waals surface area contributed by atoms with Crippen molar-refractivity contribution in [2.45, 2.75) is 50.1 Å². The van der Waals surface area contributed by atoms with Crippen molar-refractivity contribution in [3.05, 3.63) is 54.4 Å². The number of piperidine rings is 1. The standard InChI is InChI=1S/C21H28N4O3S/c1-16(18-7-6-12-22-15-18)23-17(2)21(26)24-19-8-10-20(11-9-19)29(27,28)25-13-4-3-5-14-25/h6-12,15-17,23H,3-5,13-14H2,1-2H3,(H,24,26). The van der Waals surface area contributed by atoms with Crippen molar-refractivity contribution in [2.75, 3.05) is 18.4 Å². The smallest absolute Gasteiger partial charge is 0.243 e. The van der Waals surface area contributed by atoms with Crippen LogP contribution in [0.2, 0.25) is 0 Å². The Kier molecular flexibility index (Phi) is 7.00. The van der Waals surface area contributed by atoms with Crippen LogP contribution in [-0.4, -0.2) is 42.7 Å². The van der Waals surface area contributed by atoms with Gasteiger partial charge in [-0.05, 0) is 62.6 Å². The molecule has 0 radical (unpaired) electrons. The first-order chi connectivity index (χ1) is 13.9. The number of carbonyl (C=O) groups excluding carboxylic acids is 1. The average Bonchev–Trinajstić information content (AvgIpc) is 2.75. The van der Waals surface area contributed by atoms with Gasteiger partial charge in [0, 0.05) is 37.2 Å². The molecule has 1 aliphatic heterocycles. The summed E-state index contributed by atoms with van der Waals surface area (Å²) >= 11 is 0. The lowest BCUT2D eigenvalue weighted by Crippen LogP contribution is -2.39. The molecule has 1 amide bonds. The number of aromatic nitrogens is 1. The summed E-state index contributed by atoms with van der Waals surface area (Å²) in [6.07, 6.45) is 6.35. The van der Waals surface area contributed by atoms with E-state index in [-0.39, 0.29) is 16.8 Å². The lowest BCUT2D eigenvalue weighted by Gasteiger charge is -2.26. The fourth-order valence-electron chi connectivity index (χ4n) is 3.39. The van der Waals surface area contributed by atoms with Crippen LogP contribution in [0.15, 0.2) is 53.7 Å². The maximum absolute atomic E-state index is 12.7. The molecule has 1 aromatic carbocycles. The predicted octanol–water partition coefficient (Wildman–Crippen LogP) is 2.93. The Bertz CT molecular complexity index is 911. The second kappa shape index (κ2) is 9.47. The van der Waals surface area contributed by atoms with Gasteiger partial charge in [0.05, 0.1) is 10.9 Å². The summed E-state index contributed by atoms with van der Waals surface area (Å²) in [5.74, 6) is -0.188. The van der Waals surface area contributed by atoms with E-state index < -0.39 is 16.1 Å². The van der Waals surface area contributed by atoms with Crippen molar-refractivity contribution < 1.29 is 13.2 Å². The Labute approximate surface area is 172 Å². The van der Waals surface area contributed by atoms with E-state index in [9.17, 15) is 13.2 Å². The molecule has 7 nitrogen and oxygen atoms in total. The van der Waals surface area contributed by atoms with Crippen LogP contribution in [0.4, 0.5) is 5.69 Å². The average molecular weight is 417 g/mol. The normalized spacial score (nSPS) is 17.4. The first-order valence-electron chi connectivity index (χ1n) is 9.95. The van der Waals surface area contributed by atoms with Gasteiger partial charge in [0.15, 0.2) is 0 Å². The predicted molar refractivity (Wildman–Crippen MR) is 113 cm³/mol. The summed E-state index contributed by atoms with van der Waals surface area (Å²) in [5, 5.41) is 6.07. The number of rotatable bonds is 7. The van der Waals surface area contributed by atoms with Gasteiger partial charge in [-0.25, -0.2) is 8.42 Å². The maximum atomic E-state index is 12.7. The van der Waals surface area contributed by atoms with Crippen LogP contribution in [0.25, 0.3) is 0 Å². The van der Waals surface area contributed by atoms with Crippen LogP contribution >= 0.6 is 0 Å². The number of sulfonamides is 1. The first kappa shape index (κ1) is 21.4. The molecule has 1 fully saturated rings. The van der Waals surface area contributed by atoms with E-state index in [0.717, 1.165) is 24.8 Å². The van der Waals surface area contributed by atoms with Crippen molar-refractivity contribution in [1.82, 2.24) is 14.6 Å². The van der Waals surface area contributed by atoms with Gasteiger partial charge in [0.1, 0.15) is 0 Å². The zero-order valence-corrected chi connectivity index (χ0v) is 17.7. The molecule has 0 spiro atoms. The summed E-state index contributed by atoms with van der Waals surface area (Å²) in [6, 6.07) is 9.72. The number of carbonyl (C=O) groups is 1. The van der Waals surface area contributed by atoms with Crippen molar-refractivity contribution in [3.63, 3.8) is 0 Å². The number of pyridine rings is 1. The number of amides is 1. The molecule has 0 bridgehead atoms. The number of nitrogens with one attached hydrogen (secondary N) is 2. The molecule has 1 aliphatic rings. The lowest BCUT2D eigenvalue weighted by atomic mass is 10.1. The topological polar surface area (TPSA) is 91.4 Å². The third-order valence-corrected chi connectivity index (χ3v) is 7.07. The summed E-state index contributed by atoms with van der Waals surface area (Å²) in [5.41, 5.74) is 1.56. The van der Waals surface area contributed by atoms with E-state index in [1.54, 1.807) is 43.6 Å². The number of benzene rings is 1. The highest BCUT2D eigenvalue weighted by molar-refractivity contribution is 7.89. The Morgan fingerprint density at radius 1 is 1.07 bits per heavy atom. The Morgan fingerprint density at radius 2 is 1.76 bits per heavy atom. The van der Waals surface area contributed by atoms with E-state index in [4.69, 9.17) is 0 Å². The van der Waals surface area contributed by atoms with Crippen LogP contribution in [-0.2, 0) is 14.8 Å². The van der Waals surface area contributed by atoms with Gasteiger partial charge in [-0.15, -0.1) is 0 Å². The quantitative estimate of drug-likeness (QED) is 0.724. The van der Waals surface area contributed by atoms with Crippen molar-refractivity contribution in [2.24, 2.45) is 0 Å². The van der Waals surface area contributed by atoms with Crippen molar-refractivity contribution in [1.29, 1.82) is 0 Å². The molecule has 3 rings (SSSR count). The van der Waals surface area contributed by atoms with Crippen LogP contribution in [0, 0.1) is 0 Å². The van der Waals surface area contributed by atoms with E-state index in [2.05, 4.69) is 15.6 Å². The molecule has 2 N–H and O–H groups in total. The fourth-order valence-corrected chi connectivity index (χ4v) is 4.91. The molecule has 8 heteroatoms. The van der Waals surface area contributed by atoms with E-state index in [1.807, 2.05) is 19.1 Å². The molecule has 2 heterocycles. The minimum Gasteiger partial charge on any atom is -0.325 e. The minimum atomic E-state index is -3.47. The number of anilines is 1. The zero-order chi connectivity index (χ0) is 20.9. The first-order valence-corrected chi connectivity index (χ1v) is 11.4. The largest absolute Gasteiger partial charge is 0.325 e. The molecule has 0 saturated carbocycles. The fraction of sp³-hybridized carbons (Fsp3) is 0.429. The maximum Gasteiger partial charge on any atom is 0.243 e. The molecule has 1 saturated heterocycles. The van der Waals surface area contributed by atoms with Gasteiger partial charge in [-0.2, -0.15) is 4.31 Å². The molecule has 2 unspecified atom stereocenters. The molecule has 29 heavy (non-hydrogen) atoms. The number of hydrogen-bond donors (Lipinski definition) is 2. The van der Waals surface area contributed by atoms with Crippen molar-refractivity contribution in [3.8, 4) is 0 Å². The van der Waals surface area contributed by atoms with Gasteiger partial charge in [-0.1, -0.05) is 12.5 Å². The van der Waals surface area contributed by atoms with Crippen LogP contribution in [0.5, 0.6) is 0 Å². The summed E-state index contributed by atoms with van der Waals surface area (Å²) in [7, 11) is -3.47. The van der Waals surface area contributed by atoms with E-state index >= 15 is 0 Å². The molecule has 2 aromatic rings. The monoisotopic (exact) mass is 416 g/mol. The lowest BCUT2D eigenvalue weighted by molar-refractivity contribution is -0.117. The van der Waals surface area contributed by atoms with Gasteiger partial charge in [0.25, 0.3) is 0 Å². The highest BCUT2D eigenvalue weighted by atomic mass is 32.2. The van der Waals surface area contributed by atoms with Crippen LogP contribution in [0.3, 0.4) is 0 Å². The highest BCUT2D eigenvalue weighted by Crippen LogP contribution is 2.22. The third kappa shape index (κ3) is 5.41. The SMILES string of the molecule is CC(NC(C)c1cccnc1)C(=O)Nc1ccc(S(=O)(=O)N2CCCCC2)cc1. The summed E-state index contributed by atoms with van der Waals surface area (Å²) < 4.78 is 27.0. The Balaban J connectivity index is 1.59. The molecule has 156 valence electrons. The molecule has 2 atom stereocenters. The van der Waals surface area contributed by atoms with Gasteiger partial charge >= 0.3 is 0 Å². The highest BCUT2D eigenvalue weighted by Gasteiger charge is 2.25. The van der Waals surface area contributed by atoms with Gasteiger partial charge < -0.3 is 5.32 Å². The third-order valence-electron chi connectivity index (χ3n) is 5.15. The number of nitrogens with zero attached hydrogens (tertiary/aromatic N) is 2. The Hall–Kier alpha value is -2.29. The second-order valence-electron chi connectivity index (χ2n) is 7.37.